The molecule has 0 atom stereocenters. The van der Waals surface area contributed by atoms with Crippen LogP contribution in [0.4, 0.5) is 5.69 Å². The Balaban J connectivity index is 1.38. The zero-order valence-corrected chi connectivity index (χ0v) is 30.3. The second kappa shape index (κ2) is 14.3. The number of aromatic nitrogens is 1. The van der Waals surface area contributed by atoms with Crippen molar-refractivity contribution < 1.29 is 30.5 Å². The zero-order chi connectivity index (χ0) is 33.2. The van der Waals surface area contributed by atoms with E-state index in [1.54, 1.807) is 45.8 Å². The van der Waals surface area contributed by atoms with E-state index >= 15 is 0 Å². The molecule has 0 fully saturated rings. The van der Waals surface area contributed by atoms with Crippen molar-refractivity contribution in [3.8, 4) is 20.9 Å². The summed E-state index contributed by atoms with van der Waals surface area (Å²) >= 11 is 6.58. The van der Waals surface area contributed by atoms with E-state index in [9.17, 15) is 25.9 Å². The highest BCUT2D eigenvalue weighted by Crippen LogP contribution is 2.48. The number of anilines is 1. The van der Waals surface area contributed by atoms with E-state index < -0.39 is 20.2 Å². The Morgan fingerprint density at radius 3 is 2.17 bits per heavy atom. The van der Waals surface area contributed by atoms with E-state index in [0.717, 1.165) is 63.7 Å². The van der Waals surface area contributed by atoms with Crippen molar-refractivity contribution in [2.75, 3.05) is 23.0 Å². The van der Waals surface area contributed by atoms with E-state index in [1.165, 1.54) is 0 Å². The highest BCUT2D eigenvalue weighted by Gasteiger charge is 2.27. The number of fused-ring (bicyclic) bond motifs is 2. The Kier molecular flexibility index (Phi) is 10.4. The van der Waals surface area contributed by atoms with Crippen molar-refractivity contribution >= 4 is 88.0 Å². The summed E-state index contributed by atoms with van der Waals surface area (Å²) in [6, 6.07) is 20.9. The van der Waals surface area contributed by atoms with Crippen LogP contribution in [-0.2, 0) is 26.8 Å². The second-order valence-electron chi connectivity index (χ2n) is 11.0. The van der Waals surface area contributed by atoms with E-state index in [2.05, 4.69) is 77.1 Å². The zero-order valence-electron chi connectivity index (χ0n) is 25.4. The summed E-state index contributed by atoms with van der Waals surface area (Å²) in [6.45, 7) is 2.92. The van der Waals surface area contributed by atoms with E-state index in [0.29, 0.717) is 13.1 Å². The Morgan fingerprint density at radius 2 is 1.53 bits per heavy atom. The largest absolute Gasteiger partial charge is 0.335 e. The fourth-order valence-corrected chi connectivity index (χ4v) is 10.2. The summed E-state index contributed by atoms with van der Waals surface area (Å²) in [5, 5.41) is 6.00. The predicted octanol–water partition coefficient (Wildman–Crippen LogP) is 8.45. The Hall–Kier alpha value is -2.82. The van der Waals surface area contributed by atoms with Gasteiger partial charge in [-0.15, -0.1) is 22.7 Å². The molecule has 4 heterocycles. The molecule has 0 spiro atoms. The molecule has 0 saturated heterocycles. The summed E-state index contributed by atoms with van der Waals surface area (Å²) in [6.07, 6.45) is 5.52. The molecule has 8 nitrogen and oxygen atoms in total. The van der Waals surface area contributed by atoms with Gasteiger partial charge in [-0.1, -0.05) is 54.3 Å². The maximum absolute atomic E-state index is 11.6. The Labute approximate surface area is 291 Å². The van der Waals surface area contributed by atoms with Gasteiger partial charge in [-0.05, 0) is 76.7 Å². The first-order valence-corrected chi connectivity index (χ1v) is 21.5. The van der Waals surface area contributed by atoms with Crippen LogP contribution in [0.3, 0.4) is 0 Å². The van der Waals surface area contributed by atoms with Gasteiger partial charge in [0.2, 0.25) is 5.52 Å². The number of hydrogen-bond acceptors (Lipinski definition) is 9. The number of thiophene rings is 2. The van der Waals surface area contributed by atoms with Gasteiger partial charge in [0.15, 0.2) is 6.54 Å². The lowest BCUT2D eigenvalue weighted by atomic mass is 10.1. The number of hydrogen-bond donors (Lipinski definition) is 2. The summed E-state index contributed by atoms with van der Waals surface area (Å²) in [5.74, 6) is -0.645. The third kappa shape index (κ3) is 8.43. The van der Waals surface area contributed by atoms with Crippen LogP contribution in [0.1, 0.15) is 31.2 Å². The van der Waals surface area contributed by atoms with Crippen LogP contribution in [0.2, 0.25) is 0 Å². The fraction of sp³-hybridized carbons (Fsp3) is 0.242. The molecule has 1 aliphatic heterocycles. The van der Waals surface area contributed by atoms with Crippen molar-refractivity contribution in [3.05, 3.63) is 93.1 Å². The normalized spacial score (nSPS) is 14.8. The second-order valence-corrected chi connectivity index (χ2v) is 18.2. The molecule has 0 aliphatic carbocycles. The molecule has 3 aromatic heterocycles. The number of thiazole rings is 1. The number of benzene rings is 2. The monoisotopic (exact) mass is 745 g/mol. The van der Waals surface area contributed by atoms with Crippen LogP contribution >= 0.6 is 45.8 Å². The van der Waals surface area contributed by atoms with Gasteiger partial charge in [0, 0.05) is 39.8 Å². The van der Waals surface area contributed by atoms with Gasteiger partial charge >= 0.3 is 0 Å². The highest BCUT2D eigenvalue weighted by molar-refractivity contribution is 8.03. The molecule has 2 N–H and O–H groups in total. The molecular formula is C33H33N2O6S6+. The molecule has 14 heteroatoms. The smallest absolute Gasteiger partial charge is 0.265 e. The molecule has 246 valence electrons. The lowest BCUT2D eigenvalue weighted by Gasteiger charge is -2.21. The topological polar surface area (TPSA) is 116 Å². The third-order valence-corrected chi connectivity index (χ3v) is 13.3. The number of aryl methyl sites for hydroxylation is 1. The van der Waals surface area contributed by atoms with Gasteiger partial charge in [0.05, 0.1) is 22.2 Å². The summed E-state index contributed by atoms with van der Waals surface area (Å²) in [4.78, 5) is 5.49. The minimum Gasteiger partial charge on any atom is -0.335 e. The van der Waals surface area contributed by atoms with Crippen LogP contribution in [-0.4, -0.2) is 44.0 Å². The minimum atomic E-state index is -4.09. The Bertz CT molecular complexity index is 2170. The van der Waals surface area contributed by atoms with Crippen molar-refractivity contribution in [1.82, 2.24) is 0 Å². The standard InChI is InChI=1S/C33H32N2O6S6/c1-2-23(19-32-34(13-5-17-46(36,37)38)26-21-24(9-11-30(26)44-32)28-7-3-15-42-28)20-33-35(14-6-18-47(39,40)41)27-22-25(10-12-31(27)45-33)29-8-4-16-43-29/h3-4,7-12,15-16,19-22H,2,5-6,13-14,17-18H2,1H3,(H-,36,37,38,39,40,41)/p+1. The van der Waals surface area contributed by atoms with Crippen molar-refractivity contribution in [2.24, 2.45) is 0 Å². The summed E-state index contributed by atoms with van der Waals surface area (Å²) in [5.41, 5.74) is 5.23. The molecule has 47 heavy (non-hydrogen) atoms. The van der Waals surface area contributed by atoms with Crippen molar-refractivity contribution in [3.63, 3.8) is 0 Å². The van der Waals surface area contributed by atoms with Crippen molar-refractivity contribution in [2.45, 2.75) is 37.6 Å². The van der Waals surface area contributed by atoms with Gasteiger partial charge < -0.3 is 4.90 Å². The lowest BCUT2D eigenvalue weighted by Crippen LogP contribution is -2.36. The molecule has 0 amide bonds. The summed E-state index contributed by atoms with van der Waals surface area (Å²) in [7, 11) is -8.18. The first-order valence-electron chi connectivity index (χ1n) is 14.9. The average Bonchev–Trinajstić information content (AvgIpc) is 3.83. The number of nitrogens with zero attached hydrogens (tertiary/aromatic N) is 2. The van der Waals surface area contributed by atoms with Gasteiger partial charge in [-0.25, -0.2) is 0 Å². The highest BCUT2D eigenvalue weighted by atomic mass is 32.2. The number of rotatable bonds is 13. The molecule has 0 radical (unpaired) electrons. The molecule has 2 aromatic carbocycles. The fourth-order valence-electron chi connectivity index (χ4n) is 5.44. The van der Waals surface area contributed by atoms with Crippen LogP contribution in [0.25, 0.3) is 37.2 Å². The number of thioether (sulfide) groups is 1. The predicted molar refractivity (Wildman–Crippen MR) is 197 cm³/mol. The van der Waals surface area contributed by atoms with Gasteiger partial charge in [-0.3, -0.25) is 9.11 Å². The van der Waals surface area contributed by atoms with Gasteiger partial charge in [-0.2, -0.15) is 21.4 Å². The minimum absolute atomic E-state index is 0.265. The molecular weight excluding hydrogens is 713 g/mol. The van der Waals surface area contributed by atoms with Crippen LogP contribution in [0.5, 0.6) is 0 Å². The van der Waals surface area contributed by atoms with Crippen molar-refractivity contribution in [1.29, 1.82) is 0 Å². The van der Waals surface area contributed by atoms with Gasteiger partial charge in [0.1, 0.15) is 4.70 Å². The van der Waals surface area contributed by atoms with Crippen LogP contribution in [0, 0.1) is 0 Å². The quantitative estimate of drug-likeness (QED) is 0.0912. The van der Waals surface area contributed by atoms with Gasteiger partial charge in [0.25, 0.3) is 25.2 Å². The molecule has 0 bridgehead atoms. The SMILES string of the molecule is CCC(/C=C1\Sc2ccc(-c3cccs3)cc2N1CCCS(=O)(=O)O)=C\c1sc2ccc(-c3cccs3)cc2[n+]1CCCS(=O)(=O)O. The first-order chi connectivity index (χ1) is 22.5. The van der Waals surface area contributed by atoms with E-state index in [4.69, 9.17) is 0 Å². The molecule has 0 unspecified atom stereocenters. The molecule has 1 aliphatic rings. The molecule has 6 rings (SSSR count). The molecule has 0 saturated carbocycles. The van der Waals surface area contributed by atoms with E-state index in [1.807, 2.05) is 22.9 Å². The third-order valence-electron chi connectivity index (χ3n) is 7.67. The number of allylic oxidation sites excluding steroid dienone is 2. The van der Waals surface area contributed by atoms with Crippen LogP contribution < -0.4 is 9.47 Å². The first kappa shape index (κ1) is 34.1. The maximum Gasteiger partial charge on any atom is 0.265 e. The maximum atomic E-state index is 11.6. The van der Waals surface area contributed by atoms with E-state index in [-0.39, 0.29) is 24.3 Å². The summed E-state index contributed by atoms with van der Waals surface area (Å²) < 4.78 is 68.2. The van der Waals surface area contributed by atoms with Crippen LogP contribution in [0.15, 0.2) is 93.0 Å². The average molecular weight is 746 g/mol. The molecule has 5 aromatic rings. The Morgan fingerprint density at radius 1 is 0.872 bits per heavy atom. The lowest BCUT2D eigenvalue weighted by molar-refractivity contribution is -0.668.